The van der Waals surface area contributed by atoms with Gasteiger partial charge in [0.1, 0.15) is 5.82 Å². The second-order valence-corrected chi connectivity index (χ2v) is 4.05. The Morgan fingerprint density at radius 2 is 2.11 bits per heavy atom. The van der Waals surface area contributed by atoms with Crippen LogP contribution in [0.4, 0.5) is 14.9 Å². The lowest BCUT2D eigenvalue weighted by Gasteiger charge is -2.14. The van der Waals surface area contributed by atoms with Crippen molar-refractivity contribution in [2.45, 2.75) is 19.8 Å². The summed E-state index contributed by atoms with van der Waals surface area (Å²) < 4.78 is 13.7. The summed E-state index contributed by atoms with van der Waals surface area (Å²) in [6, 6.07) is 4.04. The average Bonchev–Trinajstić information content (AvgIpc) is 2.31. The molecule has 0 aliphatic carbocycles. The molecule has 4 N–H and O–H groups in total. The maximum absolute atomic E-state index is 13.7. The number of nitrogens with two attached hydrogens (primary N) is 1. The minimum atomic E-state index is -0.620. The lowest BCUT2D eigenvalue weighted by molar-refractivity contribution is 0.256. The summed E-state index contributed by atoms with van der Waals surface area (Å²) in [4.78, 5) is 15.1. The van der Waals surface area contributed by atoms with Crippen molar-refractivity contribution in [2.75, 3.05) is 12.4 Å². The first-order valence-corrected chi connectivity index (χ1v) is 5.54. The minimum Gasteiger partial charge on any atom is -0.370 e. The van der Waals surface area contributed by atoms with Gasteiger partial charge < -0.3 is 11.1 Å². The highest BCUT2D eigenvalue weighted by atomic mass is 19.1. The lowest BCUT2D eigenvalue weighted by Crippen LogP contribution is -2.39. The number of nitrogens with one attached hydrogen (secondary N) is 2. The SMILES string of the molecule is CN=C(N)NC(=O)Nc1c(F)cccc1C(C)C. The second-order valence-electron chi connectivity index (χ2n) is 4.05. The number of carbonyl (C=O) groups is 1. The van der Waals surface area contributed by atoms with E-state index in [-0.39, 0.29) is 17.6 Å². The van der Waals surface area contributed by atoms with Crippen molar-refractivity contribution in [3.8, 4) is 0 Å². The molecular weight excluding hydrogens is 235 g/mol. The zero-order valence-electron chi connectivity index (χ0n) is 10.6. The summed E-state index contributed by atoms with van der Waals surface area (Å²) in [5.74, 6) is -0.425. The van der Waals surface area contributed by atoms with Gasteiger partial charge in [-0.2, -0.15) is 0 Å². The number of hydrogen-bond donors (Lipinski definition) is 3. The molecule has 18 heavy (non-hydrogen) atoms. The van der Waals surface area contributed by atoms with E-state index in [1.54, 1.807) is 12.1 Å². The molecule has 1 aromatic rings. The molecule has 1 aromatic carbocycles. The van der Waals surface area contributed by atoms with E-state index < -0.39 is 11.8 Å². The third-order valence-corrected chi connectivity index (χ3v) is 2.39. The number of hydrogen-bond acceptors (Lipinski definition) is 2. The zero-order chi connectivity index (χ0) is 13.7. The van der Waals surface area contributed by atoms with E-state index in [1.807, 2.05) is 13.8 Å². The second kappa shape index (κ2) is 6.00. The fraction of sp³-hybridized carbons (Fsp3) is 0.333. The number of benzene rings is 1. The van der Waals surface area contributed by atoms with E-state index in [1.165, 1.54) is 13.1 Å². The van der Waals surface area contributed by atoms with E-state index in [2.05, 4.69) is 15.6 Å². The number of carbonyl (C=O) groups excluding carboxylic acids is 1. The predicted molar refractivity (Wildman–Crippen MR) is 70.2 cm³/mol. The highest BCUT2D eigenvalue weighted by molar-refractivity contribution is 6.02. The monoisotopic (exact) mass is 252 g/mol. The molecule has 0 aliphatic rings. The Morgan fingerprint density at radius 3 is 2.67 bits per heavy atom. The van der Waals surface area contributed by atoms with Crippen LogP contribution in [0, 0.1) is 5.82 Å². The predicted octanol–water partition coefficient (Wildman–Crippen LogP) is 2.02. The third-order valence-electron chi connectivity index (χ3n) is 2.39. The first kappa shape index (κ1) is 14.0. The number of guanidine groups is 1. The van der Waals surface area contributed by atoms with Crippen LogP contribution in [-0.2, 0) is 0 Å². The van der Waals surface area contributed by atoms with Crippen LogP contribution in [0.2, 0.25) is 0 Å². The van der Waals surface area contributed by atoms with Crippen LogP contribution in [0.15, 0.2) is 23.2 Å². The van der Waals surface area contributed by atoms with Gasteiger partial charge in [0, 0.05) is 7.05 Å². The van der Waals surface area contributed by atoms with E-state index >= 15 is 0 Å². The molecule has 0 unspecified atom stereocenters. The molecule has 98 valence electrons. The maximum Gasteiger partial charge on any atom is 0.326 e. The molecule has 0 saturated heterocycles. The molecule has 5 nitrogen and oxygen atoms in total. The average molecular weight is 252 g/mol. The molecule has 1 rings (SSSR count). The summed E-state index contributed by atoms with van der Waals surface area (Å²) in [5.41, 5.74) is 6.23. The Labute approximate surface area is 105 Å². The first-order valence-electron chi connectivity index (χ1n) is 5.54. The van der Waals surface area contributed by atoms with Crippen LogP contribution < -0.4 is 16.4 Å². The standard InChI is InChI=1S/C12H17FN4O/c1-7(2)8-5-4-6-9(13)10(8)16-12(18)17-11(14)15-3/h4-7H,1-3H3,(H4,14,15,16,17,18). The number of halogens is 1. The molecule has 0 bridgehead atoms. The van der Waals surface area contributed by atoms with Gasteiger partial charge in [-0.15, -0.1) is 0 Å². The Kier molecular flexibility index (Phi) is 4.65. The van der Waals surface area contributed by atoms with Crippen LogP contribution in [0.25, 0.3) is 0 Å². The van der Waals surface area contributed by atoms with Crippen molar-refractivity contribution in [3.05, 3.63) is 29.6 Å². The molecule has 2 amide bonds. The molecule has 0 saturated carbocycles. The van der Waals surface area contributed by atoms with Crippen molar-refractivity contribution < 1.29 is 9.18 Å². The topological polar surface area (TPSA) is 79.5 Å². The van der Waals surface area contributed by atoms with Gasteiger partial charge in [0.05, 0.1) is 5.69 Å². The fourth-order valence-corrected chi connectivity index (χ4v) is 1.47. The number of aliphatic imine (C=N–C) groups is 1. The summed E-state index contributed by atoms with van der Waals surface area (Å²) in [6.07, 6.45) is 0. The van der Waals surface area contributed by atoms with Gasteiger partial charge in [0.2, 0.25) is 0 Å². The Bertz CT molecular complexity index is 471. The normalized spacial score (nSPS) is 11.5. The molecule has 0 atom stereocenters. The molecule has 0 radical (unpaired) electrons. The third kappa shape index (κ3) is 3.44. The number of amides is 2. The highest BCUT2D eigenvalue weighted by Crippen LogP contribution is 2.26. The van der Waals surface area contributed by atoms with Crippen LogP contribution in [0.1, 0.15) is 25.3 Å². The fourth-order valence-electron chi connectivity index (χ4n) is 1.47. The van der Waals surface area contributed by atoms with Crippen LogP contribution in [-0.4, -0.2) is 19.0 Å². The number of nitrogens with zero attached hydrogens (tertiary/aromatic N) is 1. The van der Waals surface area contributed by atoms with Gasteiger partial charge in [-0.1, -0.05) is 26.0 Å². The lowest BCUT2D eigenvalue weighted by atomic mass is 10.0. The highest BCUT2D eigenvalue weighted by Gasteiger charge is 2.14. The van der Waals surface area contributed by atoms with Gasteiger partial charge in [0.25, 0.3) is 0 Å². The summed E-state index contributed by atoms with van der Waals surface area (Å²) in [7, 11) is 1.44. The maximum atomic E-state index is 13.7. The molecular formula is C12H17FN4O. The summed E-state index contributed by atoms with van der Waals surface area (Å²) >= 11 is 0. The quantitative estimate of drug-likeness (QED) is 0.556. The Balaban J connectivity index is 2.93. The van der Waals surface area contributed by atoms with Crippen LogP contribution >= 0.6 is 0 Å². The number of para-hydroxylation sites is 1. The molecule has 0 aromatic heterocycles. The van der Waals surface area contributed by atoms with Gasteiger partial charge >= 0.3 is 6.03 Å². The van der Waals surface area contributed by atoms with E-state index in [4.69, 9.17) is 5.73 Å². The molecule has 0 spiro atoms. The minimum absolute atomic E-state index is 0.0325. The van der Waals surface area contributed by atoms with Crippen molar-refractivity contribution in [1.29, 1.82) is 0 Å². The number of urea groups is 1. The number of rotatable bonds is 2. The molecule has 0 heterocycles. The number of anilines is 1. The van der Waals surface area contributed by atoms with Gasteiger partial charge in [0.15, 0.2) is 5.96 Å². The smallest absolute Gasteiger partial charge is 0.326 e. The Morgan fingerprint density at radius 1 is 1.44 bits per heavy atom. The Hall–Kier alpha value is -2.11. The summed E-state index contributed by atoms with van der Waals surface area (Å²) in [5, 5.41) is 4.72. The van der Waals surface area contributed by atoms with Crippen molar-refractivity contribution in [1.82, 2.24) is 5.32 Å². The van der Waals surface area contributed by atoms with E-state index in [0.29, 0.717) is 0 Å². The van der Waals surface area contributed by atoms with Crippen molar-refractivity contribution in [2.24, 2.45) is 10.7 Å². The molecule has 0 fully saturated rings. The van der Waals surface area contributed by atoms with Crippen LogP contribution in [0.3, 0.4) is 0 Å². The molecule has 0 aliphatic heterocycles. The zero-order valence-corrected chi connectivity index (χ0v) is 10.6. The van der Waals surface area contributed by atoms with Gasteiger partial charge in [-0.25, -0.2) is 9.18 Å². The largest absolute Gasteiger partial charge is 0.370 e. The summed E-state index contributed by atoms with van der Waals surface area (Å²) in [6.45, 7) is 3.83. The van der Waals surface area contributed by atoms with Gasteiger partial charge in [-0.3, -0.25) is 10.3 Å². The van der Waals surface area contributed by atoms with E-state index in [0.717, 1.165) is 5.56 Å². The van der Waals surface area contributed by atoms with Crippen molar-refractivity contribution >= 4 is 17.7 Å². The molecule has 6 heteroatoms. The van der Waals surface area contributed by atoms with E-state index in [9.17, 15) is 9.18 Å². The van der Waals surface area contributed by atoms with Gasteiger partial charge in [-0.05, 0) is 17.5 Å². The van der Waals surface area contributed by atoms with Crippen molar-refractivity contribution in [3.63, 3.8) is 0 Å². The first-order chi connectivity index (χ1) is 8.45. The van der Waals surface area contributed by atoms with Crippen LogP contribution in [0.5, 0.6) is 0 Å².